The predicted molar refractivity (Wildman–Crippen MR) is 82.4 cm³/mol. The molecule has 120 valence electrons. The summed E-state index contributed by atoms with van der Waals surface area (Å²) in [6.07, 6.45) is 0.249. The number of hydrogen-bond acceptors (Lipinski definition) is 4. The number of nitrogens with zero attached hydrogens (tertiary/aromatic N) is 2. The quantitative estimate of drug-likeness (QED) is 0.877. The van der Waals surface area contributed by atoms with Crippen LogP contribution >= 0.6 is 0 Å². The molecule has 0 saturated carbocycles. The second kappa shape index (κ2) is 5.96. The van der Waals surface area contributed by atoms with Gasteiger partial charge in [0.05, 0.1) is 18.7 Å². The van der Waals surface area contributed by atoms with Gasteiger partial charge >= 0.3 is 0 Å². The number of amides is 1. The molecule has 0 radical (unpaired) electrons. The van der Waals surface area contributed by atoms with Crippen molar-refractivity contribution in [3.8, 4) is 0 Å². The summed E-state index contributed by atoms with van der Waals surface area (Å²) >= 11 is 0. The number of rotatable bonds is 5. The van der Waals surface area contributed by atoms with E-state index in [1.165, 1.54) is 0 Å². The van der Waals surface area contributed by atoms with Crippen LogP contribution in [0.4, 0.5) is 0 Å². The maximum Gasteiger partial charge on any atom is 0.224 e. The first kappa shape index (κ1) is 16.3. The first-order chi connectivity index (χ1) is 10.2. The molecule has 2 aromatic rings. The topological polar surface area (TPSA) is 80.3 Å². The lowest BCUT2D eigenvalue weighted by Gasteiger charge is -2.21. The van der Waals surface area contributed by atoms with Gasteiger partial charge in [0.15, 0.2) is 0 Å². The first-order valence-electron chi connectivity index (χ1n) is 7.26. The molecular weight excluding hydrogens is 282 g/mol. The Labute approximate surface area is 130 Å². The largest absolute Gasteiger partial charge is 0.463 e. The summed E-state index contributed by atoms with van der Waals surface area (Å²) in [7, 11) is 1.85. The molecule has 0 fully saturated rings. The summed E-state index contributed by atoms with van der Waals surface area (Å²) in [4.78, 5) is 12.1. The predicted octanol–water partition coefficient (Wildman–Crippen LogP) is 1.50. The Morgan fingerprint density at radius 2 is 2.09 bits per heavy atom. The number of hydrogen-bond donors (Lipinski definition) is 2. The minimum Gasteiger partial charge on any atom is -0.463 e. The van der Waals surface area contributed by atoms with Gasteiger partial charge < -0.3 is 14.8 Å². The normalized spacial score (nSPS) is 13.9. The van der Waals surface area contributed by atoms with Gasteiger partial charge in [0.2, 0.25) is 5.91 Å². The molecule has 0 spiro atoms. The van der Waals surface area contributed by atoms with Gasteiger partial charge in [0.1, 0.15) is 17.1 Å². The van der Waals surface area contributed by atoms with Crippen molar-refractivity contribution in [2.75, 3.05) is 6.54 Å². The zero-order chi connectivity index (χ0) is 16.5. The van der Waals surface area contributed by atoms with Crippen LogP contribution in [-0.2, 0) is 23.9 Å². The Morgan fingerprint density at radius 3 is 2.59 bits per heavy atom. The second-order valence-electron chi connectivity index (χ2n) is 5.91. The molecule has 0 bridgehead atoms. The van der Waals surface area contributed by atoms with Crippen molar-refractivity contribution in [3.05, 3.63) is 40.6 Å². The molecule has 2 rings (SSSR count). The van der Waals surface area contributed by atoms with Crippen LogP contribution < -0.4 is 5.32 Å². The molecule has 22 heavy (non-hydrogen) atoms. The van der Waals surface area contributed by atoms with Crippen molar-refractivity contribution in [3.63, 3.8) is 0 Å². The Kier molecular flexibility index (Phi) is 4.42. The van der Waals surface area contributed by atoms with Crippen LogP contribution in [-0.4, -0.2) is 27.3 Å². The third-order valence-corrected chi connectivity index (χ3v) is 3.90. The van der Waals surface area contributed by atoms with Crippen molar-refractivity contribution >= 4 is 5.91 Å². The fourth-order valence-corrected chi connectivity index (χ4v) is 2.38. The van der Waals surface area contributed by atoms with Gasteiger partial charge in [-0.15, -0.1) is 0 Å². The molecule has 2 aromatic heterocycles. The number of nitrogens with one attached hydrogen (secondary N) is 1. The van der Waals surface area contributed by atoms with Crippen LogP contribution in [0.15, 0.2) is 16.5 Å². The highest BCUT2D eigenvalue weighted by Crippen LogP contribution is 2.22. The van der Waals surface area contributed by atoms with E-state index in [0.717, 1.165) is 22.7 Å². The molecule has 0 saturated heterocycles. The smallest absolute Gasteiger partial charge is 0.224 e. The lowest BCUT2D eigenvalue weighted by atomic mass is 10.0. The van der Waals surface area contributed by atoms with Crippen molar-refractivity contribution < 1.29 is 14.3 Å². The summed E-state index contributed by atoms with van der Waals surface area (Å²) in [6, 6.07) is 3.50. The van der Waals surface area contributed by atoms with Crippen LogP contribution in [0, 0.1) is 20.8 Å². The molecule has 6 heteroatoms. The van der Waals surface area contributed by atoms with Gasteiger partial charge in [-0.3, -0.25) is 9.48 Å². The third-order valence-electron chi connectivity index (χ3n) is 3.90. The number of aryl methyl sites for hydroxylation is 3. The van der Waals surface area contributed by atoms with Crippen LogP contribution in [0.1, 0.15) is 35.4 Å². The van der Waals surface area contributed by atoms with Crippen molar-refractivity contribution in [1.29, 1.82) is 0 Å². The standard InChI is InChI=1S/C16H23N3O3/c1-10-6-7-14(22-10)16(4,21)9-17-15(20)8-13-11(2)18-19(5)12(13)3/h6-7,21H,8-9H2,1-5H3,(H,17,20). The van der Waals surface area contributed by atoms with Crippen molar-refractivity contribution in [2.24, 2.45) is 7.05 Å². The Hall–Kier alpha value is -2.08. The van der Waals surface area contributed by atoms with Gasteiger partial charge in [-0.25, -0.2) is 0 Å². The van der Waals surface area contributed by atoms with E-state index in [9.17, 15) is 9.90 Å². The maximum absolute atomic E-state index is 12.1. The molecule has 1 amide bonds. The van der Waals surface area contributed by atoms with Crippen molar-refractivity contribution in [2.45, 2.75) is 39.7 Å². The number of carbonyl (C=O) groups excluding carboxylic acids is 1. The average molecular weight is 305 g/mol. The summed E-state index contributed by atoms with van der Waals surface area (Å²) in [5.74, 6) is 1.02. The molecule has 6 nitrogen and oxygen atoms in total. The summed E-state index contributed by atoms with van der Waals surface area (Å²) in [6.45, 7) is 7.34. The minimum atomic E-state index is -1.23. The highest BCUT2D eigenvalue weighted by atomic mass is 16.4. The number of carbonyl (C=O) groups is 1. The van der Waals surface area contributed by atoms with Crippen LogP contribution in [0.25, 0.3) is 0 Å². The molecule has 0 aliphatic heterocycles. The minimum absolute atomic E-state index is 0.0944. The zero-order valence-corrected chi connectivity index (χ0v) is 13.7. The first-order valence-corrected chi connectivity index (χ1v) is 7.26. The highest BCUT2D eigenvalue weighted by molar-refractivity contribution is 5.79. The lowest BCUT2D eigenvalue weighted by molar-refractivity contribution is -0.121. The maximum atomic E-state index is 12.1. The third kappa shape index (κ3) is 3.39. The average Bonchev–Trinajstić information content (AvgIpc) is 2.97. The van der Waals surface area contributed by atoms with Gasteiger partial charge in [0.25, 0.3) is 0 Å². The molecule has 0 aliphatic rings. The summed E-state index contributed by atoms with van der Waals surface area (Å²) < 4.78 is 7.19. The van der Waals surface area contributed by atoms with E-state index in [-0.39, 0.29) is 18.9 Å². The van der Waals surface area contributed by atoms with E-state index < -0.39 is 5.60 Å². The van der Waals surface area contributed by atoms with Gasteiger partial charge in [-0.1, -0.05) is 0 Å². The molecular formula is C16H23N3O3. The molecule has 2 N–H and O–H groups in total. The highest BCUT2D eigenvalue weighted by Gasteiger charge is 2.27. The number of aromatic nitrogens is 2. The van der Waals surface area contributed by atoms with E-state index in [1.54, 1.807) is 23.7 Å². The van der Waals surface area contributed by atoms with Crippen LogP contribution in [0.5, 0.6) is 0 Å². The van der Waals surface area contributed by atoms with Crippen LogP contribution in [0.3, 0.4) is 0 Å². The molecule has 0 aromatic carbocycles. The zero-order valence-electron chi connectivity index (χ0n) is 13.7. The lowest BCUT2D eigenvalue weighted by Crippen LogP contribution is -2.39. The van der Waals surface area contributed by atoms with E-state index >= 15 is 0 Å². The van der Waals surface area contributed by atoms with Gasteiger partial charge in [-0.2, -0.15) is 5.10 Å². The molecule has 0 aliphatic carbocycles. The molecule has 2 heterocycles. The summed E-state index contributed by atoms with van der Waals surface area (Å²) in [5.41, 5.74) is 1.52. The Bertz CT molecular complexity index is 683. The molecule has 1 atom stereocenters. The van der Waals surface area contributed by atoms with Gasteiger partial charge in [-0.05, 0) is 39.8 Å². The van der Waals surface area contributed by atoms with E-state index in [1.807, 2.05) is 27.8 Å². The van der Waals surface area contributed by atoms with Crippen LogP contribution in [0.2, 0.25) is 0 Å². The SMILES string of the molecule is Cc1ccc(C(C)(O)CNC(=O)Cc2c(C)nn(C)c2C)o1. The summed E-state index contributed by atoms with van der Waals surface area (Å²) in [5, 5.41) is 17.5. The monoisotopic (exact) mass is 305 g/mol. The number of aliphatic hydroxyl groups is 1. The van der Waals surface area contributed by atoms with Gasteiger partial charge in [0, 0.05) is 18.3 Å². The second-order valence-corrected chi connectivity index (χ2v) is 5.91. The fraction of sp³-hybridized carbons (Fsp3) is 0.500. The van der Waals surface area contributed by atoms with Crippen molar-refractivity contribution in [1.82, 2.24) is 15.1 Å². The fourth-order valence-electron chi connectivity index (χ4n) is 2.38. The van der Waals surface area contributed by atoms with E-state index in [2.05, 4.69) is 10.4 Å². The van der Waals surface area contributed by atoms with E-state index in [4.69, 9.17) is 4.42 Å². The Morgan fingerprint density at radius 1 is 1.41 bits per heavy atom. The number of furan rings is 1. The Balaban J connectivity index is 1.98. The van der Waals surface area contributed by atoms with E-state index in [0.29, 0.717) is 5.76 Å². The molecule has 1 unspecified atom stereocenters.